The number of hydrogen-bond acceptors (Lipinski definition) is 7. The Bertz CT molecular complexity index is 1130. The van der Waals surface area contributed by atoms with E-state index >= 15 is 0 Å². The van der Waals surface area contributed by atoms with Gasteiger partial charge in [0.1, 0.15) is 19.0 Å². The first kappa shape index (κ1) is 24.6. The summed E-state index contributed by atoms with van der Waals surface area (Å²) in [5.41, 5.74) is 1.88. The highest BCUT2D eigenvalue weighted by Gasteiger charge is 2.20. The standard InChI is InChI=1S/C23H28N6O5/c1-15(2)21(30)28-19-18-20(25-13-24-19)29(14-26-18)11-7-6-10-17(22(31)32)27-23(33)34-12-16-8-4-3-5-9-16/h3-5,8-9,13-15,17H,6-7,10-12H2,1-2H3,(H,27,33)(H,31,32)(H,24,25,28,30). The third kappa shape index (κ3) is 6.74. The number of amides is 2. The second kappa shape index (κ2) is 11.7. The molecular formula is C23H28N6O5. The number of imidazole rings is 1. The van der Waals surface area contributed by atoms with E-state index in [0.717, 1.165) is 5.56 Å². The molecular weight excluding hydrogens is 440 g/mol. The number of carboxylic acids is 1. The van der Waals surface area contributed by atoms with Gasteiger partial charge in [-0.3, -0.25) is 4.79 Å². The van der Waals surface area contributed by atoms with Crippen LogP contribution in [0.5, 0.6) is 0 Å². The number of unbranched alkanes of at least 4 members (excludes halogenated alkanes) is 1. The van der Waals surface area contributed by atoms with E-state index in [1.807, 2.05) is 34.9 Å². The molecule has 1 aromatic carbocycles. The number of fused-ring (bicyclic) bond motifs is 1. The van der Waals surface area contributed by atoms with Crippen LogP contribution in [0.25, 0.3) is 11.2 Å². The number of nitrogens with one attached hydrogen (secondary N) is 2. The molecule has 3 aromatic rings. The number of carboxylic acid groups (broad SMARTS) is 1. The number of anilines is 1. The molecule has 0 saturated heterocycles. The molecule has 0 saturated carbocycles. The zero-order chi connectivity index (χ0) is 24.5. The van der Waals surface area contributed by atoms with Crippen LogP contribution in [0.15, 0.2) is 43.0 Å². The number of rotatable bonds is 11. The Kier molecular flexibility index (Phi) is 8.49. The molecule has 11 nitrogen and oxygen atoms in total. The number of alkyl carbamates (subject to hydrolysis) is 1. The topological polar surface area (TPSA) is 148 Å². The smallest absolute Gasteiger partial charge is 0.408 e. The summed E-state index contributed by atoms with van der Waals surface area (Å²) in [6.07, 6.45) is 3.61. The van der Waals surface area contributed by atoms with Gasteiger partial charge in [-0.1, -0.05) is 44.2 Å². The number of carbonyl (C=O) groups is 3. The fourth-order valence-corrected chi connectivity index (χ4v) is 3.19. The lowest BCUT2D eigenvalue weighted by atomic mass is 10.1. The van der Waals surface area contributed by atoms with E-state index in [0.29, 0.717) is 36.4 Å². The summed E-state index contributed by atoms with van der Waals surface area (Å²) in [5.74, 6) is -1.13. The minimum absolute atomic E-state index is 0.0637. The fourth-order valence-electron chi connectivity index (χ4n) is 3.19. The van der Waals surface area contributed by atoms with E-state index in [9.17, 15) is 19.5 Å². The summed E-state index contributed by atoms with van der Waals surface area (Å²) >= 11 is 0. The molecule has 11 heteroatoms. The predicted molar refractivity (Wildman–Crippen MR) is 124 cm³/mol. The third-order valence-corrected chi connectivity index (χ3v) is 5.11. The Balaban J connectivity index is 1.49. The summed E-state index contributed by atoms with van der Waals surface area (Å²) in [6.45, 7) is 4.17. The van der Waals surface area contributed by atoms with E-state index in [1.165, 1.54) is 6.33 Å². The molecule has 0 aliphatic carbocycles. The molecule has 180 valence electrons. The maximum atomic E-state index is 12.0. The normalized spacial score (nSPS) is 11.9. The number of benzene rings is 1. The highest BCUT2D eigenvalue weighted by Crippen LogP contribution is 2.19. The fraction of sp³-hybridized carbons (Fsp3) is 0.391. The van der Waals surface area contributed by atoms with Crippen LogP contribution in [0.3, 0.4) is 0 Å². The number of carbonyl (C=O) groups excluding carboxylic acids is 2. The average Bonchev–Trinajstić information content (AvgIpc) is 3.24. The summed E-state index contributed by atoms with van der Waals surface area (Å²) in [4.78, 5) is 48.2. The van der Waals surface area contributed by atoms with Gasteiger partial charge in [-0.05, 0) is 24.8 Å². The number of aliphatic carboxylic acids is 1. The number of nitrogens with zero attached hydrogens (tertiary/aromatic N) is 4. The van der Waals surface area contributed by atoms with Crippen molar-refractivity contribution in [3.05, 3.63) is 48.5 Å². The van der Waals surface area contributed by atoms with Crippen LogP contribution in [-0.4, -0.2) is 48.6 Å². The summed E-state index contributed by atoms with van der Waals surface area (Å²) in [6, 6.07) is 8.08. The van der Waals surface area contributed by atoms with E-state index in [4.69, 9.17) is 4.74 Å². The van der Waals surface area contributed by atoms with E-state index in [2.05, 4.69) is 25.6 Å². The van der Waals surface area contributed by atoms with Crippen LogP contribution in [0, 0.1) is 5.92 Å². The Morgan fingerprint density at radius 3 is 2.56 bits per heavy atom. The quantitative estimate of drug-likeness (QED) is 0.364. The van der Waals surface area contributed by atoms with Crippen LogP contribution in [0.2, 0.25) is 0 Å². The van der Waals surface area contributed by atoms with Crippen molar-refractivity contribution in [2.75, 3.05) is 5.32 Å². The lowest BCUT2D eigenvalue weighted by Gasteiger charge is -2.14. The molecule has 2 aromatic heterocycles. The lowest BCUT2D eigenvalue weighted by molar-refractivity contribution is -0.139. The Morgan fingerprint density at radius 1 is 1.09 bits per heavy atom. The van der Waals surface area contributed by atoms with Crippen LogP contribution >= 0.6 is 0 Å². The van der Waals surface area contributed by atoms with Crippen molar-refractivity contribution >= 4 is 35.0 Å². The zero-order valence-corrected chi connectivity index (χ0v) is 19.1. The largest absolute Gasteiger partial charge is 0.480 e. The van der Waals surface area contributed by atoms with E-state index in [-0.39, 0.29) is 24.9 Å². The van der Waals surface area contributed by atoms with Crippen molar-refractivity contribution in [1.82, 2.24) is 24.8 Å². The highest BCUT2D eigenvalue weighted by atomic mass is 16.5. The summed E-state index contributed by atoms with van der Waals surface area (Å²) in [5, 5.41) is 14.6. The number of hydrogen-bond donors (Lipinski definition) is 3. The lowest BCUT2D eigenvalue weighted by Crippen LogP contribution is -2.41. The second-order valence-corrected chi connectivity index (χ2v) is 8.07. The second-order valence-electron chi connectivity index (χ2n) is 8.07. The number of ether oxygens (including phenoxy) is 1. The van der Waals surface area contributed by atoms with Gasteiger partial charge in [0.15, 0.2) is 17.0 Å². The molecule has 0 aliphatic heterocycles. The SMILES string of the molecule is CC(C)C(=O)Nc1ncnc2c1ncn2CCCCC(NC(=O)OCc1ccccc1)C(=O)O. The van der Waals surface area contributed by atoms with Gasteiger partial charge in [0.2, 0.25) is 5.91 Å². The first-order chi connectivity index (χ1) is 16.3. The number of aryl methyl sites for hydroxylation is 1. The maximum absolute atomic E-state index is 12.0. The van der Waals surface area contributed by atoms with Crippen LogP contribution in [0.4, 0.5) is 10.6 Å². The van der Waals surface area contributed by atoms with Crippen molar-refractivity contribution in [3.63, 3.8) is 0 Å². The highest BCUT2D eigenvalue weighted by molar-refractivity contribution is 5.97. The van der Waals surface area contributed by atoms with Crippen molar-refractivity contribution in [3.8, 4) is 0 Å². The molecule has 1 atom stereocenters. The molecule has 2 amide bonds. The maximum Gasteiger partial charge on any atom is 0.408 e. The van der Waals surface area contributed by atoms with Crippen molar-refractivity contribution in [2.45, 2.75) is 52.3 Å². The van der Waals surface area contributed by atoms with Crippen LogP contribution < -0.4 is 10.6 Å². The van der Waals surface area contributed by atoms with E-state index in [1.54, 1.807) is 20.2 Å². The molecule has 0 bridgehead atoms. The molecule has 34 heavy (non-hydrogen) atoms. The summed E-state index contributed by atoms with van der Waals surface area (Å²) < 4.78 is 6.92. The molecule has 1 unspecified atom stereocenters. The van der Waals surface area contributed by atoms with Gasteiger partial charge in [-0.2, -0.15) is 0 Å². The number of aromatic nitrogens is 4. The van der Waals surface area contributed by atoms with Gasteiger partial charge in [0, 0.05) is 12.5 Å². The molecule has 3 rings (SSSR count). The van der Waals surface area contributed by atoms with Gasteiger partial charge in [0.05, 0.1) is 6.33 Å². The molecule has 2 heterocycles. The average molecular weight is 469 g/mol. The molecule has 0 spiro atoms. The molecule has 0 aliphatic rings. The first-order valence-electron chi connectivity index (χ1n) is 11.0. The predicted octanol–water partition coefficient (Wildman–Crippen LogP) is 2.97. The van der Waals surface area contributed by atoms with Crippen molar-refractivity contribution in [2.24, 2.45) is 5.92 Å². The molecule has 3 N–H and O–H groups in total. The van der Waals surface area contributed by atoms with Gasteiger partial charge >= 0.3 is 12.1 Å². The Labute approximate surface area is 196 Å². The monoisotopic (exact) mass is 468 g/mol. The van der Waals surface area contributed by atoms with E-state index < -0.39 is 18.1 Å². The van der Waals surface area contributed by atoms with Crippen LogP contribution in [0.1, 0.15) is 38.7 Å². The summed E-state index contributed by atoms with van der Waals surface area (Å²) in [7, 11) is 0. The van der Waals surface area contributed by atoms with Gasteiger partial charge < -0.3 is 25.0 Å². The molecule has 0 fully saturated rings. The van der Waals surface area contributed by atoms with Crippen molar-refractivity contribution in [1.29, 1.82) is 0 Å². The van der Waals surface area contributed by atoms with Crippen LogP contribution in [-0.2, 0) is 27.5 Å². The minimum atomic E-state index is -1.12. The Morgan fingerprint density at radius 2 is 1.85 bits per heavy atom. The zero-order valence-electron chi connectivity index (χ0n) is 19.1. The molecule has 0 radical (unpaired) electrons. The van der Waals surface area contributed by atoms with Crippen molar-refractivity contribution < 1.29 is 24.2 Å². The van der Waals surface area contributed by atoms with Gasteiger partial charge in [0.25, 0.3) is 0 Å². The third-order valence-electron chi connectivity index (χ3n) is 5.11. The first-order valence-corrected chi connectivity index (χ1v) is 11.0. The minimum Gasteiger partial charge on any atom is -0.480 e. The Hall–Kier alpha value is -4.02. The van der Waals surface area contributed by atoms with Gasteiger partial charge in [-0.15, -0.1) is 0 Å². The van der Waals surface area contributed by atoms with Gasteiger partial charge in [-0.25, -0.2) is 24.5 Å².